The van der Waals surface area contributed by atoms with E-state index in [4.69, 9.17) is 9.47 Å². The number of amides is 1. The lowest BCUT2D eigenvalue weighted by atomic mass is 9.92. The number of hydrogen-bond donors (Lipinski definition) is 1. The van der Waals surface area contributed by atoms with E-state index in [0.717, 1.165) is 16.0 Å². The van der Waals surface area contributed by atoms with Crippen LogP contribution in [0.15, 0.2) is 59.5 Å². The van der Waals surface area contributed by atoms with Crippen molar-refractivity contribution in [3.05, 3.63) is 86.6 Å². The summed E-state index contributed by atoms with van der Waals surface area (Å²) in [6.07, 6.45) is 0. The Morgan fingerprint density at radius 1 is 1.00 bits per heavy atom. The molecule has 0 radical (unpaired) electrons. The first-order valence-corrected chi connectivity index (χ1v) is 11.3. The quantitative estimate of drug-likeness (QED) is 0.316. The number of benzene rings is 2. The van der Waals surface area contributed by atoms with Crippen LogP contribution in [0.1, 0.15) is 33.2 Å². The highest BCUT2D eigenvalue weighted by molar-refractivity contribution is 7.09. The van der Waals surface area contributed by atoms with Crippen LogP contribution in [0, 0.1) is 13.8 Å². The van der Waals surface area contributed by atoms with E-state index in [1.807, 2.05) is 55.6 Å². The summed E-state index contributed by atoms with van der Waals surface area (Å²) in [7, 11) is 3.13. The largest absolute Gasteiger partial charge is 0.507 e. The zero-order valence-electron chi connectivity index (χ0n) is 18.9. The number of carbonyl (C=O) groups is 2. The molecule has 1 aromatic heterocycles. The summed E-state index contributed by atoms with van der Waals surface area (Å²) < 4.78 is 10.9. The lowest BCUT2D eigenvalue weighted by Crippen LogP contribution is -2.29. The van der Waals surface area contributed by atoms with Gasteiger partial charge >= 0.3 is 0 Å². The number of ketones is 1. The summed E-state index contributed by atoms with van der Waals surface area (Å²) in [6.45, 7) is 3.95. The van der Waals surface area contributed by atoms with Crippen molar-refractivity contribution in [3.8, 4) is 11.5 Å². The van der Waals surface area contributed by atoms with Gasteiger partial charge < -0.3 is 19.5 Å². The number of para-hydroxylation sites is 1. The van der Waals surface area contributed by atoms with Gasteiger partial charge in [-0.05, 0) is 54.6 Å². The van der Waals surface area contributed by atoms with Gasteiger partial charge in [0.15, 0.2) is 0 Å². The molecule has 170 valence electrons. The van der Waals surface area contributed by atoms with Crippen LogP contribution in [-0.4, -0.2) is 35.9 Å². The van der Waals surface area contributed by atoms with Crippen molar-refractivity contribution in [1.82, 2.24) is 4.90 Å². The molecule has 1 aliphatic heterocycles. The number of hydrogen-bond acceptors (Lipinski definition) is 6. The van der Waals surface area contributed by atoms with Crippen molar-refractivity contribution in [3.63, 3.8) is 0 Å². The SMILES string of the molecule is COc1cc(C)c(/C(O)=C2\C(=O)C(=O)N(Cc3cccs3)C2c2ccccc2OC)cc1C. The summed E-state index contributed by atoms with van der Waals surface area (Å²) in [4.78, 5) is 28.9. The molecule has 1 N–H and O–H groups in total. The van der Waals surface area contributed by atoms with Crippen molar-refractivity contribution in [2.75, 3.05) is 14.2 Å². The van der Waals surface area contributed by atoms with Gasteiger partial charge in [-0.2, -0.15) is 0 Å². The fourth-order valence-corrected chi connectivity index (χ4v) is 4.94. The van der Waals surface area contributed by atoms with E-state index in [0.29, 0.717) is 22.6 Å². The Morgan fingerprint density at radius 3 is 2.39 bits per heavy atom. The molecule has 0 saturated carbocycles. The second kappa shape index (κ2) is 9.11. The van der Waals surface area contributed by atoms with E-state index in [2.05, 4.69) is 0 Å². The maximum atomic E-state index is 13.3. The molecule has 1 fully saturated rings. The molecule has 3 aromatic rings. The minimum absolute atomic E-state index is 0.0497. The molecule has 1 atom stereocenters. The van der Waals surface area contributed by atoms with Gasteiger partial charge in [-0.3, -0.25) is 9.59 Å². The molecule has 2 aromatic carbocycles. The van der Waals surface area contributed by atoms with E-state index in [-0.39, 0.29) is 17.9 Å². The van der Waals surface area contributed by atoms with Crippen LogP contribution in [0.3, 0.4) is 0 Å². The van der Waals surface area contributed by atoms with Crippen molar-refractivity contribution < 1.29 is 24.2 Å². The van der Waals surface area contributed by atoms with Crippen molar-refractivity contribution in [1.29, 1.82) is 0 Å². The summed E-state index contributed by atoms with van der Waals surface area (Å²) in [6, 6.07) is 13.9. The van der Waals surface area contributed by atoms with E-state index < -0.39 is 17.7 Å². The molecule has 0 spiro atoms. The summed E-state index contributed by atoms with van der Waals surface area (Å²) in [5, 5.41) is 13.3. The van der Waals surface area contributed by atoms with Gasteiger partial charge in [0.25, 0.3) is 11.7 Å². The zero-order valence-corrected chi connectivity index (χ0v) is 19.7. The normalized spacial score (nSPS) is 17.5. The Labute approximate surface area is 196 Å². The van der Waals surface area contributed by atoms with Crippen molar-refractivity contribution >= 4 is 28.8 Å². The third-order valence-electron chi connectivity index (χ3n) is 5.88. The fraction of sp³-hybridized carbons (Fsp3) is 0.231. The number of aliphatic hydroxyl groups is 1. The first kappa shape index (κ1) is 22.6. The van der Waals surface area contributed by atoms with Gasteiger partial charge in [0.2, 0.25) is 0 Å². The zero-order chi connectivity index (χ0) is 23.7. The summed E-state index contributed by atoms with van der Waals surface area (Å²) in [5.41, 5.74) is 2.72. The first-order chi connectivity index (χ1) is 15.9. The molecular weight excluding hydrogens is 438 g/mol. The number of nitrogens with zero attached hydrogens (tertiary/aromatic N) is 1. The maximum absolute atomic E-state index is 13.3. The highest BCUT2D eigenvalue weighted by Gasteiger charge is 2.47. The van der Waals surface area contributed by atoms with Crippen LogP contribution in [0.5, 0.6) is 11.5 Å². The van der Waals surface area contributed by atoms with E-state index >= 15 is 0 Å². The van der Waals surface area contributed by atoms with Crippen LogP contribution in [0.4, 0.5) is 0 Å². The molecule has 6 nitrogen and oxygen atoms in total. The average Bonchev–Trinajstić information content (AvgIpc) is 3.42. The summed E-state index contributed by atoms with van der Waals surface area (Å²) >= 11 is 1.51. The Bertz CT molecular complexity index is 1250. The molecule has 1 unspecified atom stereocenters. The number of carbonyl (C=O) groups excluding carboxylic acids is 2. The second-order valence-electron chi connectivity index (χ2n) is 7.89. The summed E-state index contributed by atoms with van der Waals surface area (Å²) in [5.74, 6) is -0.352. The predicted octanol–water partition coefficient (Wildman–Crippen LogP) is 5.00. The molecule has 0 aliphatic carbocycles. The maximum Gasteiger partial charge on any atom is 0.295 e. The molecule has 1 saturated heterocycles. The van der Waals surface area contributed by atoms with E-state index in [1.54, 1.807) is 26.4 Å². The lowest BCUT2D eigenvalue weighted by molar-refractivity contribution is -0.140. The molecule has 33 heavy (non-hydrogen) atoms. The smallest absolute Gasteiger partial charge is 0.295 e. The predicted molar refractivity (Wildman–Crippen MR) is 128 cm³/mol. The minimum atomic E-state index is -0.787. The Kier molecular flexibility index (Phi) is 6.24. The third-order valence-corrected chi connectivity index (χ3v) is 6.74. The standard InChI is InChI=1S/C26H25NO5S/c1-15-13-21(32-4)16(2)12-19(15)24(28)22-23(18-9-5-6-10-20(18)31-3)27(26(30)25(22)29)14-17-8-7-11-33-17/h5-13,23,28H,14H2,1-4H3/b24-22+. The van der Waals surface area contributed by atoms with Gasteiger partial charge in [0, 0.05) is 16.0 Å². The molecule has 1 amide bonds. The molecule has 1 aliphatic rings. The van der Waals surface area contributed by atoms with Crippen molar-refractivity contribution in [2.45, 2.75) is 26.4 Å². The molecule has 2 heterocycles. The monoisotopic (exact) mass is 463 g/mol. The van der Waals surface area contributed by atoms with Gasteiger partial charge in [-0.15, -0.1) is 11.3 Å². The third kappa shape index (κ3) is 4.00. The molecule has 0 bridgehead atoms. The fourth-order valence-electron chi connectivity index (χ4n) is 4.24. The number of rotatable bonds is 6. The number of ether oxygens (including phenoxy) is 2. The van der Waals surface area contributed by atoms with Gasteiger partial charge in [-0.1, -0.05) is 24.3 Å². The first-order valence-electron chi connectivity index (χ1n) is 10.5. The van der Waals surface area contributed by atoms with Crippen LogP contribution < -0.4 is 9.47 Å². The van der Waals surface area contributed by atoms with Gasteiger partial charge in [0.1, 0.15) is 17.3 Å². The molecule has 4 rings (SSSR count). The van der Waals surface area contributed by atoms with Gasteiger partial charge in [-0.25, -0.2) is 0 Å². The molecular formula is C26H25NO5S. The van der Waals surface area contributed by atoms with Crippen LogP contribution >= 0.6 is 11.3 Å². The molecule has 7 heteroatoms. The Morgan fingerprint density at radius 2 is 1.73 bits per heavy atom. The topological polar surface area (TPSA) is 76.1 Å². The van der Waals surface area contributed by atoms with Crippen LogP contribution in [0.25, 0.3) is 5.76 Å². The number of aliphatic hydroxyl groups excluding tert-OH is 1. The minimum Gasteiger partial charge on any atom is -0.507 e. The van der Waals surface area contributed by atoms with Gasteiger partial charge in [0.05, 0.1) is 32.4 Å². The highest BCUT2D eigenvalue weighted by atomic mass is 32.1. The number of Topliss-reactive ketones (excluding diaryl/α,β-unsaturated/α-hetero) is 1. The Hall–Kier alpha value is -3.58. The van der Waals surface area contributed by atoms with E-state index in [1.165, 1.54) is 16.2 Å². The average molecular weight is 464 g/mol. The number of aryl methyl sites for hydroxylation is 2. The second-order valence-corrected chi connectivity index (χ2v) is 8.92. The lowest BCUT2D eigenvalue weighted by Gasteiger charge is -2.26. The van der Waals surface area contributed by atoms with Crippen LogP contribution in [0.2, 0.25) is 0 Å². The number of methoxy groups -OCH3 is 2. The highest BCUT2D eigenvalue weighted by Crippen LogP contribution is 2.44. The Balaban J connectivity index is 1.94. The van der Waals surface area contributed by atoms with E-state index in [9.17, 15) is 14.7 Å². The number of thiophene rings is 1. The van der Waals surface area contributed by atoms with Crippen LogP contribution in [-0.2, 0) is 16.1 Å². The number of likely N-dealkylation sites (tertiary alicyclic amines) is 1. The van der Waals surface area contributed by atoms with Crippen molar-refractivity contribution in [2.24, 2.45) is 0 Å².